The summed E-state index contributed by atoms with van der Waals surface area (Å²) in [4.78, 5) is 0. The molecule has 0 fully saturated rings. The summed E-state index contributed by atoms with van der Waals surface area (Å²) in [6, 6.07) is 0. The average molecular weight is 136 g/mol. The van der Waals surface area contributed by atoms with Gasteiger partial charge in [0.25, 0.3) is 0 Å². The molecule has 1 rings (SSSR count). The van der Waals surface area contributed by atoms with Crippen molar-refractivity contribution in [2.45, 2.75) is 12.8 Å². The van der Waals surface area contributed by atoms with E-state index in [1.807, 2.05) is 6.08 Å². The zero-order valence-corrected chi connectivity index (χ0v) is 5.88. The van der Waals surface area contributed by atoms with Crippen LogP contribution in [0.25, 0.3) is 0 Å². The Kier molecular flexibility index (Phi) is 2.15. The van der Waals surface area contributed by atoms with Crippen molar-refractivity contribution in [3.63, 3.8) is 0 Å². The molecule has 1 aliphatic rings. The molecule has 0 amide bonds. The van der Waals surface area contributed by atoms with Crippen molar-refractivity contribution < 1.29 is 0 Å². The third kappa shape index (κ3) is 1.41. The SMILES string of the molecule is NC=C1C=CCC(=CN)C1. The fourth-order valence-corrected chi connectivity index (χ4v) is 0.996. The van der Waals surface area contributed by atoms with Crippen LogP contribution < -0.4 is 11.5 Å². The van der Waals surface area contributed by atoms with Gasteiger partial charge in [-0.1, -0.05) is 12.2 Å². The first kappa shape index (κ1) is 6.93. The summed E-state index contributed by atoms with van der Waals surface area (Å²) in [6.45, 7) is 0. The Morgan fingerprint density at radius 3 is 2.70 bits per heavy atom. The Bertz CT molecular complexity index is 199. The zero-order chi connectivity index (χ0) is 7.40. The molecule has 0 aromatic heterocycles. The fourth-order valence-electron chi connectivity index (χ4n) is 0.996. The lowest BCUT2D eigenvalue weighted by Crippen LogP contribution is -1.97. The van der Waals surface area contributed by atoms with Crippen LogP contribution >= 0.6 is 0 Å². The van der Waals surface area contributed by atoms with Crippen molar-refractivity contribution >= 4 is 0 Å². The molecule has 0 radical (unpaired) electrons. The molecule has 10 heavy (non-hydrogen) atoms. The lowest BCUT2D eigenvalue weighted by atomic mass is 9.98. The van der Waals surface area contributed by atoms with Crippen LogP contribution in [0.15, 0.2) is 35.7 Å². The lowest BCUT2D eigenvalue weighted by Gasteiger charge is -2.09. The van der Waals surface area contributed by atoms with Crippen LogP contribution in [0.2, 0.25) is 0 Å². The van der Waals surface area contributed by atoms with E-state index in [2.05, 4.69) is 6.08 Å². The lowest BCUT2D eigenvalue weighted by molar-refractivity contribution is 1.02. The minimum absolute atomic E-state index is 0.906. The van der Waals surface area contributed by atoms with E-state index in [1.54, 1.807) is 12.4 Å². The van der Waals surface area contributed by atoms with Crippen LogP contribution in [0.3, 0.4) is 0 Å². The molecule has 0 saturated carbocycles. The highest BCUT2D eigenvalue weighted by atomic mass is 14.5. The van der Waals surface area contributed by atoms with E-state index in [0.717, 1.165) is 18.4 Å². The summed E-state index contributed by atoms with van der Waals surface area (Å²) in [7, 11) is 0. The average Bonchev–Trinajstić information content (AvgIpc) is 2.05. The van der Waals surface area contributed by atoms with Crippen LogP contribution in [0.4, 0.5) is 0 Å². The molecule has 4 N–H and O–H groups in total. The molecule has 1 aliphatic carbocycles. The molecule has 0 bridgehead atoms. The van der Waals surface area contributed by atoms with Crippen molar-refractivity contribution in [2.75, 3.05) is 0 Å². The molecule has 54 valence electrons. The third-order valence-electron chi connectivity index (χ3n) is 1.59. The van der Waals surface area contributed by atoms with E-state index in [-0.39, 0.29) is 0 Å². The van der Waals surface area contributed by atoms with Crippen molar-refractivity contribution in [1.82, 2.24) is 0 Å². The van der Waals surface area contributed by atoms with Gasteiger partial charge in [0.15, 0.2) is 0 Å². The molecule has 0 saturated heterocycles. The Labute approximate surface area is 60.9 Å². The number of hydrogen-bond donors (Lipinski definition) is 2. The predicted octanol–water partition coefficient (Wildman–Crippen LogP) is 1.02. The molecule has 0 atom stereocenters. The van der Waals surface area contributed by atoms with E-state index in [9.17, 15) is 0 Å². The van der Waals surface area contributed by atoms with Crippen LogP contribution in [0, 0.1) is 0 Å². The van der Waals surface area contributed by atoms with Gasteiger partial charge in [0, 0.05) is 0 Å². The maximum absolute atomic E-state index is 5.36. The minimum atomic E-state index is 0.906. The summed E-state index contributed by atoms with van der Waals surface area (Å²) in [5, 5.41) is 0. The van der Waals surface area contributed by atoms with Crippen LogP contribution in [0.5, 0.6) is 0 Å². The van der Waals surface area contributed by atoms with E-state index < -0.39 is 0 Å². The zero-order valence-electron chi connectivity index (χ0n) is 5.88. The van der Waals surface area contributed by atoms with Gasteiger partial charge in [0.1, 0.15) is 0 Å². The maximum Gasteiger partial charge on any atom is -0.00265 e. The minimum Gasteiger partial charge on any atom is -0.405 e. The Morgan fingerprint density at radius 1 is 1.30 bits per heavy atom. The predicted molar refractivity (Wildman–Crippen MR) is 42.9 cm³/mol. The molecular weight excluding hydrogens is 124 g/mol. The van der Waals surface area contributed by atoms with Crippen molar-refractivity contribution in [1.29, 1.82) is 0 Å². The molecule has 0 unspecified atom stereocenters. The van der Waals surface area contributed by atoms with Crippen molar-refractivity contribution in [2.24, 2.45) is 11.5 Å². The first-order valence-electron chi connectivity index (χ1n) is 3.33. The molecular formula is C8H12N2. The molecule has 2 heteroatoms. The molecule has 0 spiro atoms. The van der Waals surface area contributed by atoms with Gasteiger partial charge in [-0.25, -0.2) is 0 Å². The van der Waals surface area contributed by atoms with Crippen LogP contribution in [-0.2, 0) is 0 Å². The standard InChI is InChI=1S/C8H12N2/c9-5-7-2-1-3-8(4-7)6-10/h1-2,5-6H,3-4,9-10H2. The van der Waals surface area contributed by atoms with Gasteiger partial charge in [-0.2, -0.15) is 0 Å². The Hall–Kier alpha value is -1.18. The summed E-state index contributed by atoms with van der Waals surface area (Å²) < 4.78 is 0. The van der Waals surface area contributed by atoms with Crippen molar-refractivity contribution in [3.05, 3.63) is 35.7 Å². The molecule has 2 nitrogen and oxygen atoms in total. The van der Waals surface area contributed by atoms with E-state index in [1.165, 1.54) is 5.57 Å². The number of allylic oxidation sites excluding steroid dienone is 4. The third-order valence-corrected chi connectivity index (χ3v) is 1.59. The van der Waals surface area contributed by atoms with Crippen LogP contribution in [0.1, 0.15) is 12.8 Å². The molecule has 0 aliphatic heterocycles. The normalized spacial score (nSPS) is 26.0. The number of nitrogens with two attached hydrogens (primary N) is 2. The fraction of sp³-hybridized carbons (Fsp3) is 0.250. The summed E-state index contributed by atoms with van der Waals surface area (Å²) >= 11 is 0. The second-order valence-electron chi connectivity index (χ2n) is 2.35. The largest absolute Gasteiger partial charge is 0.405 e. The molecule has 0 aromatic carbocycles. The molecule has 0 aromatic rings. The summed E-state index contributed by atoms with van der Waals surface area (Å²) in [5.41, 5.74) is 13.1. The summed E-state index contributed by atoms with van der Waals surface area (Å²) in [5.74, 6) is 0. The van der Waals surface area contributed by atoms with E-state index in [4.69, 9.17) is 11.5 Å². The van der Waals surface area contributed by atoms with Gasteiger partial charge in [-0.15, -0.1) is 0 Å². The monoisotopic (exact) mass is 136 g/mol. The van der Waals surface area contributed by atoms with Gasteiger partial charge in [0.05, 0.1) is 0 Å². The Morgan fingerprint density at radius 2 is 2.10 bits per heavy atom. The van der Waals surface area contributed by atoms with Gasteiger partial charge in [-0.3, -0.25) is 0 Å². The smallest absolute Gasteiger partial charge is 0.00265 e. The molecule has 0 heterocycles. The highest BCUT2D eigenvalue weighted by Crippen LogP contribution is 2.19. The van der Waals surface area contributed by atoms with Gasteiger partial charge < -0.3 is 11.5 Å². The highest BCUT2D eigenvalue weighted by molar-refractivity contribution is 5.30. The second kappa shape index (κ2) is 3.11. The quantitative estimate of drug-likeness (QED) is 0.522. The first-order valence-corrected chi connectivity index (χ1v) is 3.33. The van der Waals surface area contributed by atoms with Gasteiger partial charge >= 0.3 is 0 Å². The van der Waals surface area contributed by atoms with Gasteiger partial charge in [0.2, 0.25) is 0 Å². The highest BCUT2D eigenvalue weighted by Gasteiger charge is 2.02. The Balaban J connectivity index is 2.72. The number of hydrogen-bond acceptors (Lipinski definition) is 2. The van der Waals surface area contributed by atoms with Gasteiger partial charge in [-0.05, 0) is 36.4 Å². The second-order valence-corrected chi connectivity index (χ2v) is 2.35. The number of rotatable bonds is 0. The van der Waals surface area contributed by atoms with Crippen LogP contribution in [-0.4, -0.2) is 0 Å². The van der Waals surface area contributed by atoms with E-state index >= 15 is 0 Å². The maximum atomic E-state index is 5.36. The van der Waals surface area contributed by atoms with Crippen molar-refractivity contribution in [3.8, 4) is 0 Å². The topological polar surface area (TPSA) is 52.0 Å². The first-order chi connectivity index (χ1) is 4.86. The summed E-state index contributed by atoms with van der Waals surface area (Å²) in [6.07, 6.45) is 9.26. The van der Waals surface area contributed by atoms with E-state index in [0.29, 0.717) is 0 Å².